The SMILES string of the molecule is NC(=NCCc1ccc([N+](=O)[O-])cc1)Nc1ccc2c(c1)OCCCO2. The van der Waals surface area contributed by atoms with E-state index in [0.717, 1.165) is 23.4 Å². The zero-order valence-corrected chi connectivity index (χ0v) is 14.2. The Morgan fingerprint density at radius 3 is 2.62 bits per heavy atom. The summed E-state index contributed by atoms with van der Waals surface area (Å²) < 4.78 is 11.2. The highest BCUT2D eigenvalue weighted by molar-refractivity contribution is 5.92. The first-order chi connectivity index (χ1) is 12.6. The average molecular weight is 356 g/mol. The molecule has 1 aliphatic heterocycles. The molecule has 3 rings (SSSR count). The van der Waals surface area contributed by atoms with E-state index >= 15 is 0 Å². The van der Waals surface area contributed by atoms with Crippen LogP contribution in [0.4, 0.5) is 11.4 Å². The average Bonchev–Trinajstić information content (AvgIpc) is 2.87. The number of hydrogen-bond donors (Lipinski definition) is 2. The van der Waals surface area contributed by atoms with Crippen LogP contribution in [0.3, 0.4) is 0 Å². The Kier molecular flexibility index (Phi) is 5.52. The summed E-state index contributed by atoms with van der Waals surface area (Å²) in [7, 11) is 0. The second kappa shape index (κ2) is 8.19. The van der Waals surface area contributed by atoms with Gasteiger partial charge in [0.2, 0.25) is 0 Å². The van der Waals surface area contributed by atoms with Gasteiger partial charge in [-0.1, -0.05) is 12.1 Å². The molecular weight excluding hydrogens is 336 g/mol. The van der Waals surface area contributed by atoms with Crippen LogP contribution in [0.2, 0.25) is 0 Å². The van der Waals surface area contributed by atoms with Crippen molar-refractivity contribution in [3.05, 3.63) is 58.1 Å². The highest BCUT2D eigenvalue weighted by Gasteiger charge is 2.11. The minimum Gasteiger partial charge on any atom is -0.490 e. The summed E-state index contributed by atoms with van der Waals surface area (Å²) in [4.78, 5) is 14.5. The van der Waals surface area contributed by atoms with E-state index in [1.807, 2.05) is 18.2 Å². The van der Waals surface area contributed by atoms with Crippen molar-refractivity contribution in [1.82, 2.24) is 0 Å². The number of non-ortho nitro benzene ring substituents is 1. The molecule has 1 heterocycles. The quantitative estimate of drug-likeness (QED) is 0.369. The van der Waals surface area contributed by atoms with E-state index in [1.165, 1.54) is 12.1 Å². The Balaban J connectivity index is 1.55. The molecule has 0 spiro atoms. The Bertz CT molecular complexity index is 805. The lowest BCUT2D eigenvalue weighted by atomic mass is 10.1. The van der Waals surface area contributed by atoms with E-state index in [4.69, 9.17) is 15.2 Å². The van der Waals surface area contributed by atoms with Gasteiger partial charge in [0, 0.05) is 36.9 Å². The lowest BCUT2D eigenvalue weighted by molar-refractivity contribution is -0.384. The van der Waals surface area contributed by atoms with Gasteiger partial charge in [0.1, 0.15) is 0 Å². The Hall–Kier alpha value is -3.29. The summed E-state index contributed by atoms with van der Waals surface area (Å²) in [5.74, 6) is 1.70. The van der Waals surface area contributed by atoms with Crippen molar-refractivity contribution < 1.29 is 14.4 Å². The van der Waals surface area contributed by atoms with Crippen LogP contribution >= 0.6 is 0 Å². The first kappa shape index (κ1) is 17.5. The van der Waals surface area contributed by atoms with Crippen LogP contribution in [0, 0.1) is 10.1 Å². The van der Waals surface area contributed by atoms with E-state index in [9.17, 15) is 10.1 Å². The van der Waals surface area contributed by atoms with Gasteiger partial charge in [-0.2, -0.15) is 0 Å². The second-order valence-electron chi connectivity index (χ2n) is 5.78. The van der Waals surface area contributed by atoms with Gasteiger partial charge in [-0.15, -0.1) is 0 Å². The van der Waals surface area contributed by atoms with Gasteiger partial charge >= 0.3 is 0 Å². The molecule has 0 radical (unpaired) electrons. The largest absolute Gasteiger partial charge is 0.490 e. The van der Waals surface area contributed by atoms with Crippen LogP contribution in [0.5, 0.6) is 11.5 Å². The molecule has 0 saturated carbocycles. The molecule has 0 fully saturated rings. The van der Waals surface area contributed by atoms with E-state index in [1.54, 1.807) is 12.1 Å². The van der Waals surface area contributed by atoms with E-state index in [2.05, 4.69) is 10.3 Å². The van der Waals surface area contributed by atoms with Gasteiger partial charge < -0.3 is 20.5 Å². The van der Waals surface area contributed by atoms with E-state index in [0.29, 0.717) is 37.9 Å². The first-order valence-electron chi connectivity index (χ1n) is 8.32. The zero-order valence-electron chi connectivity index (χ0n) is 14.2. The maximum absolute atomic E-state index is 10.6. The number of aliphatic imine (C=N–C) groups is 1. The van der Waals surface area contributed by atoms with Crippen molar-refractivity contribution >= 4 is 17.3 Å². The third-order valence-corrected chi connectivity index (χ3v) is 3.85. The van der Waals surface area contributed by atoms with Crippen LogP contribution in [0.1, 0.15) is 12.0 Å². The summed E-state index contributed by atoms with van der Waals surface area (Å²) in [5.41, 5.74) is 7.73. The van der Waals surface area contributed by atoms with Gasteiger partial charge in [0.25, 0.3) is 5.69 Å². The number of nitro benzene ring substituents is 1. The number of anilines is 1. The van der Waals surface area contributed by atoms with Gasteiger partial charge in [-0.25, -0.2) is 0 Å². The maximum atomic E-state index is 10.6. The minimum absolute atomic E-state index is 0.0767. The summed E-state index contributed by atoms with van der Waals surface area (Å²) in [6, 6.07) is 11.9. The van der Waals surface area contributed by atoms with Gasteiger partial charge in [-0.3, -0.25) is 15.1 Å². The van der Waals surface area contributed by atoms with Crippen molar-refractivity contribution in [2.24, 2.45) is 10.7 Å². The lowest BCUT2D eigenvalue weighted by Gasteiger charge is -2.10. The molecule has 3 N–H and O–H groups in total. The molecule has 26 heavy (non-hydrogen) atoms. The Labute approximate surface area is 150 Å². The predicted molar refractivity (Wildman–Crippen MR) is 99.0 cm³/mol. The normalized spacial score (nSPS) is 13.8. The number of rotatable bonds is 5. The molecule has 2 aromatic carbocycles. The molecule has 0 atom stereocenters. The molecule has 0 amide bonds. The lowest BCUT2D eigenvalue weighted by Crippen LogP contribution is -2.23. The topological polar surface area (TPSA) is 112 Å². The molecule has 136 valence electrons. The predicted octanol–water partition coefficient (Wildman–Crippen LogP) is 2.73. The monoisotopic (exact) mass is 356 g/mol. The molecule has 0 aromatic heterocycles. The van der Waals surface area contributed by atoms with Crippen LogP contribution in [-0.4, -0.2) is 30.6 Å². The molecule has 0 aliphatic carbocycles. The van der Waals surface area contributed by atoms with Crippen molar-refractivity contribution in [2.75, 3.05) is 25.1 Å². The third kappa shape index (κ3) is 4.62. The highest BCUT2D eigenvalue weighted by Crippen LogP contribution is 2.32. The molecule has 8 heteroatoms. The molecule has 0 unspecified atom stereocenters. The van der Waals surface area contributed by atoms with Crippen molar-refractivity contribution in [2.45, 2.75) is 12.8 Å². The van der Waals surface area contributed by atoms with E-state index in [-0.39, 0.29) is 5.69 Å². The second-order valence-corrected chi connectivity index (χ2v) is 5.78. The number of nitrogens with two attached hydrogens (primary N) is 1. The smallest absolute Gasteiger partial charge is 0.269 e. The highest BCUT2D eigenvalue weighted by atomic mass is 16.6. The summed E-state index contributed by atoms with van der Waals surface area (Å²) >= 11 is 0. The van der Waals surface area contributed by atoms with Crippen molar-refractivity contribution in [3.63, 3.8) is 0 Å². The number of hydrogen-bond acceptors (Lipinski definition) is 5. The molecular formula is C18H20N4O4. The molecule has 2 aromatic rings. The molecule has 0 bridgehead atoms. The summed E-state index contributed by atoms with van der Waals surface area (Å²) in [6.45, 7) is 1.74. The van der Waals surface area contributed by atoms with Crippen molar-refractivity contribution in [1.29, 1.82) is 0 Å². The standard InChI is InChI=1S/C18H20N4O4/c19-18(20-9-8-13-2-5-15(6-3-13)22(23)24)21-14-4-7-16-17(12-14)26-11-1-10-25-16/h2-7,12H,1,8-11H2,(H3,19,20,21). The van der Waals surface area contributed by atoms with E-state index < -0.39 is 4.92 Å². The fourth-order valence-corrected chi connectivity index (χ4v) is 2.52. The third-order valence-electron chi connectivity index (χ3n) is 3.85. The van der Waals surface area contributed by atoms with Crippen LogP contribution in [-0.2, 0) is 6.42 Å². The first-order valence-corrected chi connectivity index (χ1v) is 8.32. The Morgan fingerprint density at radius 2 is 1.88 bits per heavy atom. The summed E-state index contributed by atoms with van der Waals surface area (Å²) in [6.07, 6.45) is 1.49. The number of benzene rings is 2. The number of nitrogens with zero attached hydrogens (tertiary/aromatic N) is 2. The number of nitrogens with one attached hydrogen (secondary N) is 1. The van der Waals surface area contributed by atoms with Gasteiger partial charge in [-0.05, 0) is 24.1 Å². The zero-order chi connectivity index (χ0) is 18.4. The number of ether oxygens (including phenoxy) is 2. The van der Waals surface area contributed by atoms with Crippen molar-refractivity contribution in [3.8, 4) is 11.5 Å². The minimum atomic E-state index is -0.418. The fourth-order valence-electron chi connectivity index (χ4n) is 2.52. The molecule has 1 aliphatic rings. The van der Waals surface area contributed by atoms with Gasteiger partial charge in [0.15, 0.2) is 17.5 Å². The van der Waals surface area contributed by atoms with Crippen LogP contribution in [0.25, 0.3) is 0 Å². The summed E-state index contributed by atoms with van der Waals surface area (Å²) in [5, 5.41) is 13.7. The number of fused-ring (bicyclic) bond motifs is 1. The Morgan fingerprint density at radius 1 is 1.15 bits per heavy atom. The maximum Gasteiger partial charge on any atom is 0.269 e. The number of nitro groups is 1. The molecule has 0 saturated heterocycles. The van der Waals surface area contributed by atoms with Crippen LogP contribution in [0.15, 0.2) is 47.5 Å². The van der Waals surface area contributed by atoms with Crippen LogP contribution < -0.4 is 20.5 Å². The number of guanidine groups is 1. The van der Waals surface area contributed by atoms with Gasteiger partial charge in [0.05, 0.1) is 18.1 Å². The molecule has 8 nitrogen and oxygen atoms in total. The fraction of sp³-hybridized carbons (Fsp3) is 0.278.